The van der Waals surface area contributed by atoms with E-state index in [2.05, 4.69) is 4.98 Å². The van der Waals surface area contributed by atoms with Crippen molar-refractivity contribution >= 4 is 27.8 Å². The second-order valence-electron chi connectivity index (χ2n) is 4.42. The molecule has 6 heteroatoms. The first-order valence-electron chi connectivity index (χ1n) is 5.94. The third-order valence-corrected chi connectivity index (χ3v) is 3.17. The lowest BCUT2D eigenvalue weighted by atomic mass is 10.1. The smallest absolute Gasteiger partial charge is 0.323 e. The minimum atomic E-state index is -1.17. The van der Waals surface area contributed by atoms with Crippen LogP contribution in [0.3, 0.4) is 0 Å². The number of carbonyl (C=O) groups is 1. The minimum absolute atomic E-state index is 0.399. The van der Waals surface area contributed by atoms with E-state index in [0.717, 1.165) is 15.3 Å². The molecule has 2 N–H and O–H groups in total. The predicted octanol–water partition coefficient (Wildman–Crippen LogP) is 0.928. The van der Waals surface area contributed by atoms with Crippen molar-refractivity contribution in [3.8, 4) is 0 Å². The van der Waals surface area contributed by atoms with Crippen molar-refractivity contribution in [2.45, 2.75) is 6.54 Å². The van der Waals surface area contributed by atoms with Crippen LogP contribution >= 0.6 is 0 Å². The van der Waals surface area contributed by atoms with Crippen LogP contribution in [0.5, 0.6) is 0 Å². The number of aromatic nitrogens is 2. The highest BCUT2D eigenvalue weighted by molar-refractivity contribution is 6.03. The molecule has 100 valence electrons. The Labute approximate surface area is 111 Å². The van der Waals surface area contributed by atoms with Crippen LogP contribution in [0.2, 0.25) is 0 Å². The van der Waals surface area contributed by atoms with Crippen molar-refractivity contribution in [3.05, 3.63) is 57.1 Å². The summed E-state index contributed by atoms with van der Waals surface area (Å²) in [6.45, 7) is -0.544. The summed E-state index contributed by atoms with van der Waals surface area (Å²) in [7, 11) is 0. The van der Waals surface area contributed by atoms with Crippen molar-refractivity contribution < 1.29 is 9.90 Å². The second-order valence-corrected chi connectivity index (χ2v) is 4.42. The average molecular weight is 270 g/mol. The van der Waals surface area contributed by atoms with Gasteiger partial charge in [-0.25, -0.2) is 0 Å². The summed E-state index contributed by atoms with van der Waals surface area (Å²) in [5.74, 6) is -1.17. The van der Waals surface area contributed by atoms with Crippen LogP contribution in [0, 0.1) is 0 Å². The first-order valence-corrected chi connectivity index (χ1v) is 5.94. The minimum Gasteiger partial charge on any atom is -0.480 e. The van der Waals surface area contributed by atoms with Crippen LogP contribution in [-0.2, 0) is 11.3 Å². The Balaban J connectivity index is 2.53. The number of carboxylic acids is 1. The number of benzene rings is 2. The molecule has 0 radical (unpaired) electrons. The molecule has 0 atom stereocenters. The number of H-pyrrole nitrogens is 1. The summed E-state index contributed by atoms with van der Waals surface area (Å²) in [5.41, 5.74) is -0.824. The monoisotopic (exact) mass is 270 g/mol. The van der Waals surface area contributed by atoms with Gasteiger partial charge in [0.2, 0.25) is 0 Å². The van der Waals surface area contributed by atoms with E-state index in [-0.39, 0.29) is 0 Å². The van der Waals surface area contributed by atoms with Gasteiger partial charge in [-0.2, -0.15) is 0 Å². The Bertz CT molecular complexity index is 953. The highest BCUT2D eigenvalue weighted by atomic mass is 16.4. The first kappa shape index (κ1) is 12.2. The Morgan fingerprint density at radius 3 is 2.65 bits per heavy atom. The maximum Gasteiger partial charge on any atom is 0.323 e. The molecule has 0 bridgehead atoms. The molecule has 0 aliphatic carbocycles. The Hall–Kier alpha value is -2.89. The highest BCUT2D eigenvalue weighted by Crippen LogP contribution is 2.21. The van der Waals surface area contributed by atoms with E-state index in [1.807, 2.05) is 24.3 Å². The van der Waals surface area contributed by atoms with Crippen molar-refractivity contribution in [2.24, 2.45) is 0 Å². The molecule has 6 nitrogen and oxygen atoms in total. The second kappa shape index (κ2) is 4.34. The van der Waals surface area contributed by atoms with Crippen molar-refractivity contribution in [1.82, 2.24) is 9.55 Å². The summed E-state index contributed by atoms with van der Waals surface area (Å²) in [5, 5.41) is 10.5. The largest absolute Gasteiger partial charge is 0.480 e. The summed E-state index contributed by atoms with van der Waals surface area (Å²) in [4.78, 5) is 36.9. The summed E-state index contributed by atoms with van der Waals surface area (Å²) >= 11 is 0. The molecule has 0 amide bonds. The van der Waals surface area contributed by atoms with Gasteiger partial charge in [0.25, 0.3) is 0 Å². The molecule has 0 saturated heterocycles. The average Bonchev–Trinajstić information content (AvgIpc) is 2.43. The van der Waals surface area contributed by atoms with Gasteiger partial charge in [0.05, 0.1) is 11.0 Å². The highest BCUT2D eigenvalue weighted by Gasteiger charge is 2.12. The summed E-state index contributed by atoms with van der Waals surface area (Å²) in [6.07, 6.45) is 0. The molecular formula is C14H10N2O4. The summed E-state index contributed by atoms with van der Waals surface area (Å²) < 4.78 is 0.975. The molecule has 0 spiro atoms. The normalized spacial score (nSPS) is 11.0. The fraction of sp³-hybridized carbons (Fsp3) is 0.0714. The molecule has 1 heterocycles. The van der Waals surface area contributed by atoms with Gasteiger partial charge in [-0.15, -0.1) is 0 Å². The molecule has 0 saturated carbocycles. The molecule has 0 aliphatic heterocycles. The number of rotatable bonds is 2. The standard InChI is InChI=1S/C14H10N2O4/c17-11(18)7-16-10-6-5-8-3-1-2-4-9(8)12(10)15-13(19)14(16)20/h1-6H,7H2,(H,15,19)(H,17,18). The predicted molar refractivity (Wildman–Crippen MR) is 74.0 cm³/mol. The Morgan fingerprint density at radius 2 is 1.90 bits per heavy atom. The maximum atomic E-state index is 11.8. The number of carboxylic acid groups (broad SMARTS) is 1. The molecular weight excluding hydrogens is 260 g/mol. The van der Waals surface area contributed by atoms with Crippen LogP contribution in [0.15, 0.2) is 46.0 Å². The van der Waals surface area contributed by atoms with Crippen molar-refractivity contribution in [3.63, 3.8) is 0 Å². The van der Waals surface area contributed by atoms with E-state index in [4.69, 9.17) is 5.11 Å². The van der Waals surface area contributed by atoms with E-state index in [0.29, 0.717) is 11.0 Å². The van der Waals surface area contributed by atoms with Gasteiger partial charge in [-0.05, 0) is 11.5 Å². The quantitative estimate of drug-likeness (QED) is 0.535. The molecule has 3 rings (SSSR count). The molecule has 2 aromatic carbocycles. The Kier molecular flexibility index (Phi) is 2.64. The summed E-state index contributed by atoms with van der Waals surface area (Å²) in [6, 6.07) is 10.8. The van der Waals surface area contributed by atoms with Gasteiger partial charge in [0.1, 0.15) is 6.54 Å². The number of nitrogens with zero attached hydrogens (tertiary/aromatic N) is 1. The van der Waals surface area contributed by atoms with Crippen LogP contribution in [0.4, 0.5) is 0 Å². The van der Waals surface area contributed by atoms with E-state index in [1.165, 1.54) is 0 Å². The molecule has 0 unspecified atom stereocenters. The molecule has 3 aromatic rings. The number of aliphatic carboxylic acids is 1. The van der Waals surface area contributed by atoms with Gasteiger partial charge in [0.15, 0.2) is 0 Å². The molecule has 1 aromatic heterocycles. The topological polar surface area (TPSA) is 92.2 Å². The van der Waals surface area contributed by atoms with E-state index in [9.17, 15) is 14.4 Å². The van der Waals surface area contributed by atoms with Gasteiger partial charge >= 0.3 is 17.1 Å². The molecule has 0 aliphatic rings. The number of fused-ring (bicyclic) bond motifs is 3. The van der Waals surface area contributed by atoms with Gasteiger partial charge in [-0.3, -0.25) is 19.0 Å². The van der Waals surface area contributed by atoms with Crippen molar-refractivity contribution in [1.29, 1.82) is 0 Å². The number of hydrogen-bond acceptors (Lipinski definition) is 3. The third-order valence-electron chi connectivity index (χ3n) is 3.17. The maximum absolute atomic E-state index is 11.8. The lowest BCUT2D eigenvalue weighted by Gasteiger charge is -2.09. The lowest BCUT2D eigenvalue weighted by molar-refractivity contribution is -0.137. The fourth-order valence-corrected chi connectivity index (χ4v) is 2.31. The van der Waals surface area contributed by atoms with Crippen LogP contribution < -0.4 is 11.1 Å². The zero-order chi connectivity index (χ0) is 14.3. The third kappa shape index (κ3) is 1.78. The zero-order valence-corrected chi connectivity index (χ0v) is 10.3. The van der Waals surface area contributed by atoms with E-state index >= 15 is 0 Å². The zero-order valence-electron chi connectivity index (χ0n) is 10.3. The molecule has 20 heavy (non-hydrogen) atoms. The lowest BCUT2D eigenvalue weighted by Crippen LogP contribution is -2.37. The number of hydrogen-bond donors (Lipinski definition) is 2. The molecule has 0 fully saturated rings. The van der Waals surface area contributed by atoms with E-state index in [1.54, 1.807) is 12.1 Å². The van der Waals surface area contributed by atoms with Crippen LogP contribution in [0.1, 0.15) is 0 Å². The van der Waals surface area contributed by atoms with Crippen LogP contribution in [0.25, 0.3) is 21.8 Å². The van der Waals surface area contributed by atoms with Gasteiger partial charge in [0, 0.05) is 5.39 Å². The van der Waals surface area contributed by atoms with Crippen LogP contribution in [-0.4, -0.2) is 20.6 Å². The number of nitrogens with one attached hydrogen (secondary N) is 1. The first-order chi connectivity index (χ1) is 9.58. The number of aromatic amines is 1. The van der Waals surface area contributed by atoms with E-state index < -0.39 is 23.6 Å². The fourth-order valence-electron chi connectivity index (χ4n) is 2.31. The Morgan fingerprint density at radius 1 is 1.15 bits per heavy atom. The van der Waals surface area contributed by atoms with Crippen molar-refractivity contribution in [2.75, 3.05) is 0 Å². The van der Waals surface area contributed by atoms with Gasteiger partial charge in [-0.1, -0.05) is 30.3 Å². The van der Waals surface area contributed by atoms with Gasteiger partial charge < -0.3 is 10.1 Å². The SMILES string of the molecule is O=C(O)Cn1c(=O)c(=O)[nH]c2c3ccccc3ccc21.